The number of carbonyl (C=O) groups excluding carboxylic acids is 1. The smallest absolute Gasteiger partial charge is 0.230 e. The zero-order valence-corrected chi connectivity index (χ0v) is 3.38. The lowest BCUT2D eigenvalue weighted by molar-refractivity contribution is -0.117. The van der Waals surface area contributed by atoms with Crippen LogP contribution in [0.25, 0.3) is 0 Å². The Bertz CT molecular complexity index is 53.8. The van der Waals surface area contributed by atoms with E-state index in [1.807, 2.05) is 0 Å². The summed E-state index contributed by atoms with van der Waals surface area (Å²) in [4.78, 5) is 9.45. The Morgan fingerprint density at radius 3 is 2.50 bits per heavy atom. The first-order valence-corrected chi connectivity index (χ1v) is 1.36. The fraction of sp³-hybridized carbons (Fsp3) is 0.500. The van der Waals surface area contributed by atoms with Crippen molar-refractivity contribution in [3.05, 3.63) is 0 Å². The highest BCUT2D eigenvalue weighted by Crippen LogP contribution is 1.67. The molecule has 0 atom stereocenters. The van der Waals surface area contributed by atoms with Crippen molar-refractivity contribution in [1.29, 1.82) is 5.53 Å². The third-order valence-corrected chi connectivity index (χ3v) is 0.310. The first kappa shape index (κ1) is 5.07. The van der Waals surface area contributed by atoms with Crippen LogP contribution >= 0.6 is 0 Å². The molecular formula is C2H5N3O. The van der Waals surface area contributed by atoms with Crippen molar-refractivity contribution in [3.63, 3.8) is 0 Å². The highest BCUT2D eigenvalue weighted by Gasteiger charge is 1.77. The Morgan fingerprint density at radius 2 is 2.50 bits per heavy atom. The first-order chi connectivity index (χ1) is 2.81. The number of hydrogen-bond donors (Lipinski definition) is 1. The molecule has 0 bridgehead atoms. The summed E-state index contributed by atoms with van der Waals surface area (Å²) < 4.78 is 0. The summed E-state index contributed by atoms with van der Waals surface area (Å²) in [6.07, 6.45) is 0.451. The summed E-state index contributed by atoms with van der Waals surface area (Å²) in [5.41, 5.74) is 6.13. The van der Waals surface area contributed by atoms with Gasteiger partial charge in [0.05, 0.1) is 0 Å². The maximum Gasteiger partial charge on any atom is 0.230 e. The second-order valence-electron chi connectivity index (χ2n) is 0.779. The van der Waals surface area contributed by atoms with E-state index in [4.69, 9.17) is 5.53 Å². The molecule has 4 nitrogen and oxygen atoms in total. The largest absolute Gasteiger partial charge is 0.277 e. The monoisotopic (exact) mass is 87.0 g/mol. The zero-order valence-electron chi connectivity index (χ0n) is 3.38. The van der Waals surface area contributed by atoms with Gasteiger partial charge in [0.15, 0.2) is 0 Å². The standard InChI is InChI=1S/C2H5N3O/c1-5(2-6)4-3/h2-3H,1H3. The van der Waals surface area contributed by atoms with E-state index in [0.717, 1.165) is 5.01 Å². The van der Waals surface area contributed by atoms with Crippen LogP contribution in [0.3, 0.4) is 0 Å². The Morgan fingerprint density at radius 1 is 2.00 bits per heavy atom. The van der Waals surface area contributed by atoms with Crippen LogP contribution in [0.15, 0.2) is 5.22 Å². The molecule has 0 saturated carbocycles. The molecule has 0 aliphatic carbocycles. The summed E-state index contributed by atoms with van der Waals surface area (Å²) in [6, 6.07) is 0. The Balaban J connectivity index is 3.21. The van der Waals surface area contributed by atoms with Gasteiger partial charge < -0.3 is 0 Å². The molecular weight excluding hydrogens is 82.0 g/mol. The summed E-state index contributed by atoms with van der Waals surface area (Å²) in [5, 5.41) is 3.58. The normalized spacial score (nSPS) is 6.83. The molecule has 0 radical (unpaired) electrons. The van der Waals surface area contributed by atoms with Gasteiger partial charge in [-0.25, -0.2) is 5.01 Å². The molecule has 0 aromatic rings. The highest BCUT2D eigenvalue weighted by molar-refractivity contribution is 5.45. The number of hydrogen-bond acceptors (Lipinski definition) is 3. The van der Waals surface area contributed by atoms with Gasteiger partial charge in [0.25, 0.3) is 0 Å². The third kappa shape index (κ3) is 1.40. The molecule has 0 heterocycles. The summed E-state index contributed by atoms with van der Waals surface area (Å²) in [6.45, 7) is 0. The molecule has 1 amide bonds. The molecule has 6 heavy (non-hydrogen) atoms. The van der Waals surface area contributed by atoms with E-state index in [-0.39, 0.29) is 0 Å². The average Bonchev–Trinajstić information content (AvgIpc) is 1.65. The summed E-state index contributed by atoms with van der Waals surface area (Å²) >= 11 is 0. The zero-order chi connectivity index (χ0) is 4.99. The van der Waals surface area contributed by atoms with Gasteiger partial charge in [-0.3, -0.25) is 4.79 Å². The minimum Gasteiger partial charge on any atom is -0.277 e. The van der Waals surface area contributed by atoms with E-state index < -0.39 is 0 Å². The number of carbonyl (C=O) groups is 1. The van der Waals surface area contributed by atoms with Crippen LogP contribution in [-0.4, -0.2) is 18.5 Å². The SMILES string of the molecule is CN(C=O)N=N. The van der Waals surface area contributed by atoms with Gasteiger partial charge in [0, 0.05) is 7.05 Å². The lowest BCUT2D eigenvalue weighted by Crippen LogP contribution is -2.04. The molecule has 34 valence electrons. The first-order valence-electron chi connectivity index (χ1n) is 1.36. The molecule has 0 aliphatic rings. The van der Waals surface area contributed by atoms with Crippen molar-refractivity contribution in [1.82, 2.24) is 5.01 Å². The minimum absolute atomic E-state index is 0.451. The third-order valence-electron chi connectivity index (χ3n) is 0.310. The molecule has 4 heteroatoms. The van der Waals surface area contributed by atoms with Crippen molar-refractivity contribution in [2.45, 2.75) is 0 Å². The molecule has 0 aromatic carbocycles. The van der Waals surface area contributed by atoms with Gasteiger partial charge in [0.2, 0.25) is 6.41 Å². The minimum atomic E-state index is 0.451. The van der Waals surface area contributed by atoms with Crippen molar-refractivity contribution in [2.24, 2.45) is 5.22 Å². The molecule has 1 N–H and O–H groups in total. The Kier molecular flexibility index (Phi) is 1.96. The van der Waals surface area contributed by atoms with Gasteiger partial charge in [-0.1, -0.05) is 5.22 Å². The van der Waals surface area contributed by atoms with E-state index in [0.29, 0.717) is 6.41 Å². The average molecular weight is 87.1 g/mol. The number of nitrogens with one attached hydrogen (secondary N) is 1. The summed E-state index contributed by atoms with van der Waals surface area (Å²) in [7, 11) is 1.39. The van der Waals surface area contributed by atoms with Crippen molar-refractivity contribution >= 4 is 6.41 Å². The maximum absolute atomic E-state index is 9.45. The predicted molar refractivity (Wildman–Crippen MR) is 19.0 cm³/mol. The topological polar surface area (TPSA) is 56.5 Å². The van der Waals surface area contributed by atoms with Gasteiger partial charge >= 0.3 is 0 Å². The molecule has 0 saturated heterocycles. The van der Waals surface area contributed by atoms with Gasteiger partial charge in [-0.05, 0) is 0 Å². The number of nitrogens with zero attached hydrogens (tertiary/aromatic N) is 2. The molecule has 0 unspecified atom stereocenters. The predicted octanol–water partition coefficient (Wildman–Crippen LogP) is 0.0206. The quantitative estimate of drug-likeness (QED) is 0.288. The lowest BCUT2D eigenvalue weighted by Gasteiger charge is -1.92. The van der Waals surface area contributed by atoms with E-state index in [1.165, 1.54) is 7.05 Å². The second kappa shape index (κ2) is 2.32. The maximum atomic E-state index is 9.45. The molecule has 0 fully saturated rings. The van der Waals surface area contributed by atoms with Crippen molar-refractivity contribution in [3.8, 4) is 0 Å². The van der Waals surface area contributed by atoms with Crippen LogP contribution in [0.5, 0.6) is 0 Å². The Labute approximate surface area is 35.2 Å². The van der Waals surface area contributed by atoms with Crippen LogP contribution in [-0.2, 0) is 4.79 Å². The van der Waals surface area contributed by atoms with Gasteiger partial charge in [-0.2, -0.15) is 5.53 Å². The molecule has 0 aliphatic heterocycles. The Hall–Kier alpha value is -0.930. The van der Waals surface area contributed by atoms with Crippen molar-refractivity contribution < 1.29 is 4.79 Å². The van der Waals surface area contributed by atoms with Gasteiger partial charge in [0.1, 0.15) is 0 Å². The van der Waals surface area contributed by atoms with Gasteiger partial charge in [-0.15, -0.1) is 0 Å². The van der Waals surface area contributed by atoms with E-state index in [1.54, 1.807) is 0 Å². The highest BCUT2D eigenvalue weighted by atomic mass is 16.1. The molecule has 0 rings (SSSR count). The van der Waals surface area contributed by atoms with Crippen LogP contribution < -0.4 is 0 Å². The van der Waals surface area contributed by atoms with E-state index in [9.17, 15) is 4.79 Å². The van der Waals surface area contributed by atoms with E-state index in [2.05, 4.69) is 5.22 Å². The molecule has 0 spiro atoms. The van der Waals surface area contributed by atoms with Crippen LogP contribution in [0.1, 0.15) is 0 Å². The fourth-order valence-electron chi connectivity index (χ4n) is 0.0236. The molecule has 0 aromatic heterocycles. The number of amides is 1. The lowest BCUT2D eigenvalue weighted by atomic mass is 11.2. The van der Waals surface area contributed by atoms with Crippen LogP contribution in [0, 0.1) is 5.53 Å². The van der Waals surface area contributed by atoms with E-state index >= 15 is 0 Å². The fourth-order valence-corrected chi connectivity index (χ4v) is 0.0236. The van der Waals surface area contributed by atoms with Crippen LogP contribution in [0.4, 0.5) is 0 Å². The number of rotatable bonds is 2. The second-order valence-corrected chi connectivity index (χ2v) is 0.779. The van der Waals surface area contributed by atoms with Crippen LogP contribution in [0.2, 0.25) is 0 Å². The summed E-state index contributed by atoms with van der Waals surface area (Å²) in [5.74, 6) is 0. The van der Waals surface area contributed by atoms with Crippen molar-refractivity contribution in [2.75, 3.05) is 7.05 Å².